The fraction of sp³-hybridized carbons (Fsp3) is 0.133. The van der Waals surface area contributed by atoms with Gasteiger partial charge in [-0.15, -0.1) is 0 Å². The van der Waals surface area contributed by atoms with Crippen molar-refractivity contribution in [2.75, 3.05) is 18.5 Å². The molecule has 5 nitrogen and oxygen atoms in total. The van der Waals surface area contributed by atoms with Crippen molar-refractivity contribution in [3.05, 3.63) is 55.1 Å². The van der Waals surface area contributed by atoms with Crippen LogP contribution in [0.2, 0.25) is 10.0 Å². The molecule has 0 aliphatic rings. The third kappa shape index (κ3) is 4.91. The van der Waals surface area contributed by atoms with Gasteiger partial charge in [-0.2, -0.15) is 0 Å². The predicted octanol–water partition coefficient (Wildman–Crippen LogP) is 4.27. The van der Waals surface area contributed by atoms with Crippen molar-refractivity contribution >= 4 is 63.1 Å². The summed E-state index contributed by atoms with van der Waals surface area (Å²) < 4.78 is 29.0. The standard InChI is InChI=1S/C15H11Cl2F2IN2O3/c16-9-5-7(20)1-2-11(9)21-14-8(15(24)22-25-4-3-23)6-10(17)12(18)13(14)19/h1-2,5-6,21,23H,3-4H2,(H,22,24). The molecule has 134 valence electrons. The lowest BCUT2D eigenvalue weighted by atomic mass is 10.1. The summed E-state index contributed by atoms with van der Waals surface area (Å²) in [5.41, 5.74) is 1.53. The number of carbonyl (C=O) groups excluding carboxylic acids is 1. The summed E-state index contributed by atoms with van der Waals surface area (Å²) in [5.74, 6) is -3.52. The molecule has 0 fully saturated rings. The summed E-state index contributed by atoms with van der Waals surface area (Å²) >= 11 is 13.7. The highest BCUT2D eigenvalue weighted by atomic mass is 127. The molecule has 0 radical (unpaired) electrons. The lowest BCUT2D eigenvalue weighted by Crippen LogP contribution is -2.26. The van der Waals surface area contributed by atoms with Crippen LogP contribution in [-0.4, -0.2) is 24.2 Å². The number of halogens is 5. The minimum Gasteiger partial charge on any atom is -0.394 e. The van der Waals surface area contributed by atoms with Gasteiger partial charge < -0.3 is 10.4 Å². The zero-order valence-electron chi connectivity index (χ0n) is 12.4. The molecule has 2 aromatic carbocycles. The van der Waals surface area contributed by atoms with E-state index < -0.39 is 28.3 Å². The van der Waals surface area contributed by atoms with E-state index in [9.17, 15) is 13.6 Å². The normalized spacial score (nSPS) is 10.6. The summed E-state index contributed by atoms with van der Waals surface area (Å²) in [7, 11) is 0. The Bertz CT molecular complexity index is 809. The number of aliphatic hydroxyl groups is 1. The summed E-state index contributed by atoms with van der Waals surface area (Å²) in [4.78, 5) is 16.8. The van der Waals surface area contributed by atoms with E-state index in [1.807, 2.05) is 28.1 Å². The van der Waals surface area contributed by atoms with Gasteiger partial charge in [0.05, 0.1) is 40.2 Å². The van der Waals surface area contributed by atoms with Crippen molar-refractivity contribution in [1.29, 1.82) is 0 Å². The Morgan fingerprint density at radius 3 is 2.56 bits per heavy atom. The molecule has 3 N–H and O–H groups in total. The lowest BCUT2D eigenvalue weighted by molar-refractivity contribution is 0.0168. The van der Waals surface area contributed by atoms with E-state index in [0.717, 1.165) is 9.64 Å². The highest BCUT2D eigenvalue weighted by Crippen LogP contribution is 2.33. The second-order valence-corrected chi connectivity index (χ2v) is 6.72. The Hall–Kier alpha value is -1.20. The Morgan fingerprint density at radius 1 is 1.20 bits per heavy atom. The summed E-state index contributed by atoms with van der Waals surface area (Å²) in [6, 6.07) is 5.82. The summed E-state index contributed by atoms with van der Waals surface area (Å²) in [6.45, 7) is -0.503. The largest absolute Gasteiger partial charge is 0.394 e. The first-order chi connectivity index (χ1) is 11.8. The van der Waals surface area contributed by atoms with Crippen molar-refractivity contribution in [3.8, 4) is 0 Å². The third-order valence-corrected chi connectivity index (χ3v) is 4.21. The van der Waals surface area contributed by atoms with E-state index in [0.29, 0.717) is 0 Å². The maximum absolute atomic E-state index is 14.3. The van der Waals surface area contributed by atoms with Crippen molar-refractivity contribution in [2.24, 2.45) is 0 Å². The Morgan fingerprint density at radius 2 is 1.92 bits per heavy atom. The average molecular weight is 503 g/mol. The van der Waals surface area contributed by atoms with Crippen LogP contribution in [0.15, 0.2) is 24.3 Å². The van der Waals surface area contributed by atoms with Crippen molar-refractivity contribution < 1.29 is 23.5 Å². The monoisotopic (exact) mass is 502 g/mol. The van der Waals surface area contributed by atoms with Gasteiger partial charge in [-0.05, 0) is 46.9 Å². The Balaban J connectivity index is 2.44. The Kier molecular flexibility index (Phi) is 7.20. The van der Waals surface area contributed by atoms with Crippen LogP contribution < -0.4 is 10.8 Å². The van der Waals surface area contributed by atoms with Crippen LogP contribution in [0, 0.1) is 15.2 Å². The molecular formula is C15H11Cl2F2IN2O3. The molecular weight excluding hydrogens is 492 g/mol. The van der Waals surface area contributed by atoms with E-state index in [1.54, 1.807) is 18.2 Å². The number of hydroxylamine groups is 1. The van der Waals surface area contributed by atoms with Gasteiger partial charge in [0, 0.05) is 3.57 Å². The quantitative estimate of drug-likeness (QED) is 0.239. The van der Waals surface area contributed by atoms with E-state index in [2.05, 4.69) is 10.2 Å². The molecule has 0 aliphatic carbocycles. The van der Waals surface area contributed by atoms with Gasteiger partial charge in [0.1, 0.15) is 0 Å². The van der Waals surface area contributed by atoms with Crippen LogP contribution in [0.3, 0.4) is 0 Å². The molecule has 2 aromatic rings. The molecule has 0 heterocycles. The fourth-order valence-electron chi connectivity index (χ4n) is 1.84. The number of hydrogen-bond donors (Lipinski definition) is 3. The van der Waals surface area contributed by atoms with Gasteiger partial charge >= 0.3 is 0 Å². The molecule has 0 saturated heterocycles. The molecule has 10 heteroatoms. The molecule has 0 aliphatic heterocycles. The molecule has 0 aromatic heterocycles. The SMILES string of the molecule is O=C(NOCCO)c1cc(Cl)c(F)c(F)c1Nc1ccc(I)cc1Cl. The highest BCUT2D eigenvalue weighted by Gasteiger charge is 2.23. The predicted molar refractivity (Wildman–Crippen MR) is 99.3 cm³/mol. The third-order valence-electron chi connectivity index (χ3n) is 2.96. The molecule has 1 amide bonds. The zero-order valence-corrected chi connectivity index (χ0v) is 16.0. The van der Waals surface area contributed by atoms with Gasteiger partial charge in [0.2, 0.25) is 0 Å². The van der Waals surface area contributed by atoms with Crippen molar-refractivity contribution in [3.63, 3.8) is 0 Å². The molecule has 0 bridgehead atoms. The minimum atomic E-state index is -1.34. The first-order valence-electron chi connectivity index (χ1n) is 6.77. The molecule has 0 atom stereocenters. The van der Waals surface area contributed by atoms with Crippen LogP contribution >= 0.6 is 45.8 Å². The number of anilines is 2. The van der Waals surface area contributed by atoms with Crippen LogP contribution in [0.5, 0.6) is 0 Å². The van der Waals surface area contributed by atoms with Crippen molar-refractivity contribution in [1.82, 2.24) is 5.48 Å². The average Bonchev–Trinajstić information content (AvgIpc) is 2.57. The summed E-state index contributed by atoms with van der Waals surface area (Å²) in [6.07, 6.45) is 0. The molecule has 0 saturated carbocycles. The zero-order chi connectivity index (χ0) is 18.6. The number of rotatable bonds is 6. The van der Waals surface area contributed by atoms with Crippen LogP contribution in [0.1, 0.15) is 10.4 Å². The van der Waals surface area contributed by atoms with Gasteiger partial charge in [0.25, 0.3) is 5.91 Å². The highest BCUT2D eigenvalue weighted by molar-refractivity contribution is 14.1. The molecule has 2 rings (SSSR count). The molecule has 25 heavy (non-hydrogen) atoms. The van der Waals surface area contributed by atoms with Gasteiger partial charge in [-0.25, -0.2) is 14.3 Å². The first kappa shape index (κ1) is 20.1. The Labute approximate surface area is 165 Å². The second kappa shape index (κ2) is 8.95. The van der Waals surface area contributed by atoms with E-state index in [4.69, 9.17) is 28.3 Å². The molecule has 0 unspecified atom stereocenters. The first-order valence-corrected chi connectivity index (χ1v) is 8.61. The van der Waals surface area contributed by atoms with Crippen LogP contribution in [-0.2, 0) is 4.84 Å². The number of carbonyl (C=O) groups is 1. The van der Waals surface area contributed by atoms with Crippen LogP contribution in [0.4, 0.5) is 20.2 Å². The number of benzene rings is 2. The fourth-order valence-corrected chi connectivity index (χ4v) is 2.93. The maximum Gasteiger partial charge on any atom is 0.277 e. The molecule has 0 spiro atoms. The number of nitrogens with one attached hydrogen (secondary N) is 2. The van der Waals surface area contributed by atoms with Gasteiger partial charge in [-0.3, -0.25) is 9.63 Å². The van der Waals surface area contributed by atoms with E-state index >= 15 is 0 Å². The lowest BCUT2D eigenvalue weighted by Gasteiger charge is -2.15. The topological polar surface area (TPSA) is 70.6 Å². The minimum absolute atomic E-state index is 0.172. The van der Waals surface area contributed by atoms with Crippen LogP contribution in [0.25, 0.3) is 0 Å². The number of aliphatic hydroxyl groups excluding tert-OH is 1. The van der Waals surface area contributed by atoms with Gasteiger partial charge in [-0.1, -0.05) is 23.2 Å². The summed E-state index contributed by atoms with van der Waals surface area (Å²) in [5, 5.41) is 10.9. The van der Waals surface area contributed by atoms with E-state index in [-0.39, 0.29) is 29.5 Å². The van der Waals surface area contributed by atoms with Crippen molar-refractivity contribution in [2.45, 2.75) is 0 Å². The van der Waals surface area contributed by atoms with E-state index in [1.165, 1.54) is 0 Å². The number of amides is 1. The smallest absolute Gasteiger partial charge is 0.277 e. The maximum atomic E-state index is 14.3. The number of hydrogen-bond acceptors (Lipinski definition) is 4. The van der Waals surface area contributed by atoms with Gasteiger partial charge in [0.15, 0.2) is 11.6 Å². The second-order valence-electron chi connectivity index (χ2n) is 4.66.